The molecule has 1 N–H and O–H groups in total. The number of para-hydroxylation sites is 2. The van der Waals surface area contributed by atoms with E-state index in [1.807, 2.05) is 35.2 Å². The molecule has 2 aliphatic rings. The first-order valence-electron chi connectivity index (χ1n) is 15.2. The van der Waals surface area contributed by atoms with Crippen molar-refractivity contribution in [3.63, 3.8) is 0 Å². The topological polar surface area (TPSA) is 131 Å². The molecule has 45 heavy (non-hydrogen) atoms. The number of anilines is 2. The van der Waals surface area contributed by atoms with Crippen molar-refractivity contribution in [1.82, 2.24) is 19.3 Å². The first kappa shape index (κ1) is 29.6. The molecule has 0 bridgehead atoms. The number of nitrogens with one attached hydrogen (secondary N) is 1. The van der Waals surface area contributed by atoms with Crippen LogP contribution in [0.1, 0.15) is 43.6 Å². The Morgan fingerprint density at radius 2 is 1.73 bits per heavy atom. The van der Waals surface area contributed by atoms with Crippen LogP contribution >= 0.6 is 11.3 Å². The fraction of sp³-hybridized carbons (Fsp3) is 0.375. The first-order valence-corrected chi connectivity index (χ1v) is 17.5. The summed E-state index contributed by atoms with van der Waals surface area (Å²) in [5, 5.41) is 3.48. The molecule has 1 saturated carbocycles. The minimum Gasteiger partial charge on any atom is -0.481 e. The van der Waals surface area contributed by atoms with E-state index in [4.69, 9.17) is 9.15 Å². The van der Waals surface area contributed by atoms with Crippen LogP contribution < -0.4 is 15.0 Å². The van der Waals surface area contributed by atoms with Gasteiger partial charge in [-0.1, -0.05) is 61.3 Å². The number of nitrogens with zero attached hydrogens (tertiary/aromatic N) is 5. The molecule has 2 aromatic carbocycles. The van der Waals surface area contributed by atoms with Crippen molar-refractivity contribution in [2.45, 2.75) is 42.9 Å². The van der Waals surface area contributed by atoms with E-state index in [0.717, 1.165) is 23.9 Å². The molecule has 5 aromatic rings. The zero-order chi connectivity index (χ0) is 31.0. The van der Waals surface area contributed by atoms with Crippen molar-refractivity contribution in [3.8, 4) is 5.88 Å². The summed E-state index contributed by atoms with van der Waals surface area (Å²) >= 11 is 1.30. The molecular weight excluding hydrogens is 613 g/mol. The van der Waals surface area contributed by atoms with E-state index in [2.05, 4.69) is 20.3 Å². The van der Waals surface area contributed by atoms with Crippen molar-refractivity contribution in [1.29, 1.82) is 0 Å². The van der Waals surface area contributed by atoms with Gasteiger partial charge in [0.15, 0.2) is 10.7 Å². The van der Waals surface area contributed by atoms with E-state index >= 15 is 0 Å². The van der Waals surface area contributed by atoms with Crippen molar-refractivity contribution < 1.29 is 22.4 Å². The summed E-state index contributed by atoms with van der Waals surface area (Å²) in [6.07, 6.45) is 5.22. The van der Waals surface area contributed by atoms with Gasteiger partial charge in [0, 0.05) is 32.2 Å². The standard InChI is InChI=1S/C32H34N6O5S2/c1-42-28-15-14-26-30(35-28)44-31(33-26)36-29(39)24(20-21-6-2-3-7-21)22-10-12-23(13-11-22)45(40,41)38-18-16-37(17-19-38)32-34-25-8-4-5-9-27(25)43-32/h4-5,8-15,21,24H,2-3,6-7,16-20H2,1H3,(H,33,36,39). The molecule has 0 spiro atoms. The maximum absolute atomic E-state index is 13.7. The Kier molecular flexibility index (Phi) is 8.15. The summed E-state index contributed by atoms with van der Waals surface area (Å²) in [5.74, 6) is 0.351. The molecule has 1 unspecified atom stereocenters. The number of methoxy groups -OCH3 is 1. The monoisotopic (exact) mass is 646 g/mol. The summed E-state index contributed by atoms with van der Waals surface area (Å²) in [4.78, 5) is 30.1. The number of piperazine rings is 1. The lowest BCUT2D eigenvalue weighted by molar-refractivity contribution is -0.118. The molecule has 7 rings (SSSR count). The van der Waals surface area contributed by atoms with Crippen molar-refractivity contribution in [2.75, 3.05) is 43.5 Å². The number of carbonyl (C=O) groups is 1. The van der Waals surface area contributed by atoms with Crippen LogP contribution in [0.3, 0.4) is 0 Å². The number of amides is 1. The second-order valence-electron chi connectivity index (χ2n) is 11.5. The molecule has 2 fully saturated rings. The average molecular weight is 647 g/mol. The minimum atomic E-state index is -3.72. The van der Waals surface area contributed by atoms with Gasteiger partial charge in [0.25, 0.3) is 6.01 Å². The number of oxazole rings is 1. The third kappa shape index (κ3) is 6.11. The Balaban J connectivity index is 1.06. The highest BCUT2D eigenvalue weighted by molar-refractivity contribution is 7.89. The largest absolute Gasteiger partial charge is 0.481 e. The van der Waals surface area contributed by atoms with Crippen LogP contribution in [0.4, 0.5) is 11.1 Å². The Labute approximate surface area is 265 Å². The summed E-state index contributed by atoms with van der Waals surface area (Å²) in [7, 11) is -2.16. The van der Waals surface area contributed by atoms with Crippen molar-refractivity contribution in [2.24, 2.45) is 5.92 Å². The van der Waals surface area contributed by atoms with Crippen molar-refractivity contribution >= 4 is 59.9 Å². The number of thiazole rings is 1. The molecule has 13 heteroatoms. The van der Waals surface area contributed by atoms with Crippen LogP contribution in [0.2, 0.25) is 0 Å². The molecule has 4 heterocycles. The molecule has 3 aromatic heterocycles. The lowest BCUT2D eigenvalue weighted by Crippen LogP contribution is -2.48. The third-order valence-corrected chi connectivity index (χ3v) is 11.5. The SMILES string of the molecule is COc1ccc2nc(NC(=O)C(CC3CCCC3)c3ccc(S(=O)(=O)N4CCN(c5nc6ccccc6o5)CC4)cc3)sc2n1. The second-order valence-corrected chi connectivity index (χ2v) is 14.5. The van der Waals surface area contributed by atoms with Crippen LogP contribution in [-0.2, 0) is 14.8 Å². The van der Waals surface area contributed by atoms with Crippen LogP contribution in [-0.4, -0.2) is 66.9 Å². The maximum atomic E-state index is 13.7. The summed E-state index contributed by atoms with van der Waals surface area (Å²) in [5.41, 5.74) is 2.97. The number of carbonyl (C=O) groups excluding carboxylic acids is 1. The number of rotatable bonds is 9. The van der Waals surface area contributed by atoms with E-state index in [-0.39, 0.29) is 10.8 Å². The Hall–Kier alpha value is -4.07. The number of ether oxygens (including phenoxy) is 1. The number of hydrogen-bond donors (Lipinski definition) is 1. The molecule has 1 saturated heterocycles. The zero-order valence-corrected chi connectivity index (χ0v) is 26.5. The Morgan fingerprint density at radius 1 is 0.978 bits per heavy atom. The number of pyridine rings is 1. The fourth-order valence-electron chi connectivity index (χ4n) is 6.27. The lowest BCUT2D eigenvalue weighted by atomic mass is 9.87. The molecular formula is C32H34N6O5S2. The molecule has 234 valence electrons. The number of hydrogen-bond acceptors (Lipinski definition) is 10. The van der Waals surface area contributed by atoms with Gasteiger partial charge < -0.3 is 19.4 Å². The van der Waals surface area contributed by atoms with E-state index in [9.17, 15) is 13.2 Å². The van der Waals surface area contributed by atoms with E-state index in [0.29, 0.717) is 71.5 Å². The van der Waals surface area contributed by atoms with Gasteiger partial charge in [0.05, 0.1) is 17.9 Å². The Morgan fingerprint density at radius 3 is 2.47 bits per heavy atom. The average Bonchev–Trinajstić information content (AvgIpc) is 3.83. The number of benzene rings is 2. The van der Waals surface area contributed by atoms with Gasteiger partial charge in [-0.2, -0.15) is 9.29 Å². The summed E-state index contributed by atoms with van der Waals surface area (Å²) in [6.45, 7) is 1.58. The van der Waals surface area contributed by atoms with Gasteiger partial charge in [0.2, 0.25) is 21.8 Å². The van der Waals surface area contributed by atoms with Crippen molar-refractivity contribution in [3.05, 3.63) is 66.2 Å². The molecule has 1 aliphatic carbocycles. The predicted octanol–water partition coefficient (Wildman–Crippen LogP) is 5.65. The highest BCUT2D eigenvalue weighted by Crippen LogP contribution is 2.36. The highest BCUT2D eigenvalue weighted by Gasteiger charge is 2.32. The predicted molar refractivity (Wildman–Crippen MR) is 173 cm³/mol. The van der Waals surface area contributed by atoms with E-state index in [1.54, 1.807) is 37.4 Å². The normalized spacial score (nSPS) is 17.2. The van der Waals surface area contributed by atoms with Gasteiger partial charge in [-0.05, 0) is 48.2 Å². The zero-order valence-electron chi connectivity index (χ0n) is 24.9. The fourth-order valence-corrected chi connectivity index (χ4v) is 8.52. The number of fused-ring (bicyclic) bond motifs is 2. The maximum Gasteiger partial charge on any atom is 0.298 e. The van der Waals surface area contributed by atoms with Gasteiger partial charge in [-0.25, -0.2) is 18.4 Å². The van der Waals surface area contributed by atoms with E-state index in [1.165, 1.54) is 28.5 Å². The van der Waals surface area contributed by atoms with E-state index < -0.39 is 15.9 Å². The van der Waals surface area contributed by atoms with Gasteiger partial charge in [-0.15, -0.1) is 0 Å². The van der Waals surface area contributed by atoms with Crippen LogP contribution in [0.15, 0.2) is 70.0 Å². The second kappa shape index (κ2) is 12.4. The van der Waals surface area contributed by atoms with Gasteiger partial charge in [-0.3, -0.25) is 4.79 Å². The Bertz CT molecular complexity index is 1890. The summed E-state index contributed by atoms with van der Waals surface area (Å²) < 4.78 is 39.8. The molecule has 1 atom stereocenters. The van der Waals surface area contributed by atoms with Gasteiger partial charge >= 0.3 is 0 Å². The minimum absolute atomic E-state index is 0.154. The van der Waals surface area contributed by atoms with Crippen LogP contribution in [0.25, 0.3) is 21.4 Å². The number of sulfonamides is 1. The molecule has 1 aliphatic heterocycles. The first-order chi connectivity index (χ1) is 21.9. The third-order valence-electron chi connectivity index (χ3n) is 8.74. The smallest absolute Gasteiger partial charge is 0.298 e. The van der Waals surface area contributed by atoms with Crippen LogP contribution in [0.5, 0.6) is 5.88 Å². The highest BCUT2D eigenvalue weighted by atomic mass is 32.2. The molecule has 1 amide bonds. The summed E-state index contributed by atoms with van der Waals surface area (Å²) in [6, 6.07) is 18.4. The van der Waals surface area contributed by atoms with Crippen LogP contribution in [0, 0.1) is 5.92 Å². The molecule has 0 radical (unpaired) electrons. The quantitative estimate of drug-likeness (QED) is 0.216. The lowest BCUT2D eigenvalue weighted by Gasteiger charge is -2.33. The number of aromatic nitrogens is 3. The molecule has 11 nitrogen and oxygen atoms in total. The van der Waals surface area contributed by atoms with Gasteiger partial charge in [0.1, 0.15) is 15.9 Å².